The van der Waals surface area contributed by atoms with E-state index >= 15 is 0 Å². The molecule has 1 atom stereocenters. The molecule has 1 aliphatic rings. The van der Waals surface area contributed by atoms with Crippen LogP contribution >= 0.6 is 0 Å². The molecule has 3 N–H and O–H groups in total. The van der Waals surface area contributed by atoms with Crippen LogP contribution in [0.3, 0.4) is 0 Å². The van der Waals surface area contributed by atoms with Gasteiger partial charge < -0.3 is 20.1 Å². The molecule has 6 heteroatoms. The molecule has 1 amide bonds. The molecule has 0 bridgehead atoms. The minimum Gasteiger partial charge on any atom is -0.392 e. The van der Waals surface area contributed by atoms with Crippen molar-refractivity contribution in [3.8, 4) is 0 Å². The molecule has 6 nitrogen and oxygen atoms in total. The molecule has 1 heterocycles. The van der Waals surface area contributed by atoms with E-state index in [1.165, 1.54) is 6.42 Å². The fourth-order valence-electron chi connectivity index (χ4n) is 5.32. The summed E-state index contributed by atoms with van der Waals surface area (Å²) < 4.78 is 2.18. The first-order valence-electron chi connectivity index (χ1n) is 12.8. The molecule has 0 spiro atoms. The molecule has 1 aromatic heterocycles. The lowest BCUT2D eigenvalue weighted by Gasteiger charge is -2.33. The molecule has 1 fully saturated rings. The highest BCUT2D eigenvalue weighted by atomic mass is 16.3. The maximum absolute atomic E-state index is 12.8. The quantitative estimate of drug-likeness (QED) is 0.348. The van der Waals surface area contributed by atoms with Crippen LogP contribution in [0.4, 0.5) is 0 Å². The summed E-state index contributed by atoms with van der Waals surface area (Å²) in [5, 5.41) is 24.9. The molecule has 0 saturated heterocycles. The Morgan fingerprint density at radius 3 is 2.19 bits per heavy atom. The molecule has 36 heavy (non-hydrogen) atoms. The molecule has 1 saturated carbocycles. The highest BCUT2D eigenvalue weighted by Gasteiger charge is 2.40. The Bertz CT molecular complexity index is 1290. The Balaban J connectivity index is 1.73. The van der Waals surface area contributed by atoms with E-state index in [0.29, 0.717) is 11.4 Å². The number of hydrogen-bond acceptors (Lipinski definition) is 4. The van der Waals surface area contributed by atoms with Crippen molar-refractivity contribution < 1.29 is 15.0 Å². The van der Waals surface area contributed by atoms with Crippen LogP contribution in [0.25, 0.3) is 11.0 Å². The zero-order valence-electron chi connectivity index (χ0n) is 20.6. The van der Waals surface area contributed by atoms with E-state index in [4.69, 9.17) is 4.98 Å². The fourth-order valence-corrected chi connectivity index (χ4v) is 5.32. The van der Waals surface area contributed by atoms with E-state index in [1.54, 1.807) is 13.0 Å². The summed E-state index contributed by atoms with van der Waals surface area (Å²) >= 11 is 0. The number of rotatable bonds is 7. The van der Waals surface area contributed by atoms with E-state index < -0.39 is 11.7 Å². The minimum atomic E-state index is -1.46. The molecular formula is C30H33N3O3. The standard InChI is InChI=1S/C30H33N3O3/c1-21(34)20-31-28(35)22-17-18-26-27(19-22)33(25-15-9-4-10-16-25)29(32-26)30(36,23-11-5-2-6-12-23)24-13-7-3-8-14-24/h2-3,5-8,11-14,17-19,21,25,34,36H,4,9-10,15-16,20H2,1H3,(H,31,35)/t21-/m1/s1. The SMILES string of the molecule is C[C@@H](O)CNC(=O)c1ccc2nc(C(O)(c3ccccc3)c3ccccc3)n(C3CCCCC3)c2c1. The highest BCUT2D eigenvalue weighted by molar-refractivity contribution is 5.97. The number of aliphatic hydroxyl groups excluding tert-OH is 1. The lowest BCUT2D eigenvalue weighted by molar-refractivity contribution is 0.0924. The van der Waals surface area contributed by atoms with Crippen LogP contribution in [-0.4, -0.2) is 38.3 Å². The van der Waals surface area contributed by atoms with Gasteiger partial charge in [0.15, 0.2) is 11.4 Å². The summed E-state index contributed by atoms with van der Waals surface area (Å²) in [6.45, 7) is 1.83. The fraction of sp³-hybridized carbons (Fsp3) is 0.333. The van der Waals surface area contributed by atoms with Crippen molar-refractivity contribution in [2.24, 2.45) is 0 Å². The number of benzene rings is 3. The van der Waals surface area contributed by atoms with E-state index in [1.807, 2.05) is 72.8 Å². The second kappa shape index (κ2) is 10.2. The Labute approximate surface area is 211 Å². The number of imidazole rings is 1. The molecule has 4 aromatic rings. The minimum absolute atomic E-state index is 0.175. The average Bonchev–Trinajstić information content (AvgIpc) is 3.32. The van der Waals surface area contributed by atoms with E-state index in [-0.39, 0.29) is 18.5 Å². The Morgan fingerprint density at radius 1 is 1.00 bits per heavy atom. The molecule has 0 aliphatic heterocycles. The molecule has 1 aliphatic carbocycles. The molecule has 3 aromatic carbocycles. The van der Waals surface area contributed by atoms with Gasteiger partial charge in [-0.25, -0.2) is 4.98 Å². The van der Waals surface area contributed by atoms with Crippen molar-refractivity contribution in [2.45, 2.75) is 56.8 Å². The van der Waals surface area contributed by atoms with E-state index in [9.17, 15) is 15.0 Å². The molecule has 5 rings (SSSR count). The van der Waals surface area contributed by atoms with Crippen LogP contribution in [0.15, 0.2) is 78.9 Å². The van der Waals surface area contributed by atoms with Crippen molar-refractivity contribution in [1.29, 1.82) is 0 Å². The van der Waals surface area contributed by atoms with Crippen LogP contribution in [0.5, 0.6) is 0 Å². The van der Waals surface area contributed by atoms with Crippen molar-refractivity contribution in [1.82, 2.24) is 14.9 Å². The van der Waals surface area contributed by atoms with Gasteiger partial charge in [-0.1, -0.05) is 79.9 Å². The topological polar surface area (TPSA) is 87.4 Å². The lowest BCUT2D eigenvalue weighted by Crippen LogP contribution is -2.34. The van der Waals surface area contributed by atoms with Crippen LogP contribution in [0, 0.1) is 0 Å². The van der Waals surface area contributed by atoms with Gasteiger partial charge in [-0.15, -0.1) is 0 Å². The molecule has 186 valence electrons. The summed E-state index contributed by atoms with van der Waals surface area (Å²) in [4.78, 5) is 17.9. The van der Waals surface area contributed by atoms with Crippen LogP contribution in [0.1, 0.15) is 72.4 Å². The maximum atomic E-state index is 12.8. The number of aliphatic hydroxyl groups is 2. The van der Waals surface area contributed by atoms with Crippen molar-refractivity contribution >= 4 is 16.9 Å². The Morgan fingerprint density at radius 2 is 1.61 bits per heavy atom. The van der Waals surface area contributed by atoms with Crippen molar-refractivity contribution in [2.75, 3.05) is 6.54 Å². The first-order chi connectivity index (χ1) is 17.5. The van der Waals surface area contributed by atoms with Gasteiger partial charge in [0.25, 0.3) is 5.91 Å². The number of nitrogens with one attached hydrogen (secondary N) is 1. The van der Waals surface area contributed by atoms with Gasteiger partial charge in [-0.2, -0.15) is 0 Å². The predicted molar refractivity (Wildman–Crippen MR) is 141 cm³/mol. The van der Waals surface area contributed by atoms with Crippen LogP contribution in [-0.2, 0) is 5.60 Å². The number of carbonyl (C=O) groups excluding carboxylic acids is 1. The largest absolute Gasteiger partial charge is 0.392 e. The maximum Gasteiger partial charge on any atom is 0.251 e. The number of fused-ring (bicyclic) bond motifs is 1. The van der Waals surface area contributed by atoms with Gasteiger partial charge in [0, 0.05) is 18.2 Å². The second-order valence-corrected chi connectivity index (χ2v) is 9.80. The first kappa shape index (κ1) is 24.2. The van der Waals surface area contributed by atoms with Gasteiger partial charge in [0.1, 0.15) is 0 Å². The Kier molecular flexibility index (Phi) is 6.90. The average molecular weight is 484 g/mol. The molecular weight excluding hydrogens is 450 g/mol. The summed E-state index contributed by atoms with van der Waals surface area (Å²) in [6, 6.07) is 25.0. The van der Waals surface area contributed by atoms with Gasteiger partial charge in [-0.3, -0.25) is 4.79 Å². The second-order valence-electron chi connectivity index (χ2n) is 9.80. The number of hydrogen-bond donors (Lipinski definition) is 3. The smallest absolute Gasteiger partial charge is 0.251 e. The molecule has 0 radical (unpaired) electrons. The van der Waals surface area contributed by atoms with Gasteiger partial charge in [-0.05, 0) is 49.1 Å². The zero-order valence-corrected chi connectivity index (χ0v) is 20.6. The Hall–Kier alpha value is -3.48. The lowest BCUT2D eigenvalue weighted by atomic mass is 9.84. The number of aromatic nitrogens is 2. The van der Waals surface area contributed by atoms with Crippen molar-refractivity contribution in [3.05, 3.63) is 101 Å². The highest BCUT2D eigenvalue weighted by Crippen LogP contribution is 2.41. The van der Waals surface area contributed by atoms with Crippen molar-refractivity contribution in [3.63, 3.8) is 0 Å². The van der Waals surface area contributed by atoms with Gasteiger partial charge >= 0.3 is 0 Å². The number of nitrogens with zero attached hydrogens (tertiary/aromatic N) is 2. The first-order valence-corrected chi connectivity index (χ1v) is 12.8. The predicted octanol–water partition coefficient (Wildman–Crippen LogP) is 4.94. The van der Waals surface area contributed by atoms with Crippen LogP contribution in [0.2, 0.25) is 0 Å². The molecule has 0 unspecified atom stereocenters. The summed E-state index contributed by atoms with van der Waals surface area (Å²) in [6.07, 6.45) is 4.81. The summed E-state index contributed by atoms with van der Waals surface area (Å²) in [5.74, 6) is 0.334. The summed E-state index contributed by atoms with van der Waals surface area (Å²) in [7, 11) is 0. The van der Waals surface area contributed by atoms with Gasteiger partial charge in [0.05, 0.1) is 17.1 Å². The van der Waals surface area contributed by atoms with E-state index in [0.717, 1.165) is 47.8 Å². The number of amides is 1. The third kappa shape index (κ3) is 4.54. The monoisotopic (exact) mass is 483 g/mol. The van der Waals surface area contributed by atoms with Gasteiger partial charge in [0.2, 0.25) is 0 Å². The summed E-state index contributed by atoms with van der Waals surface area (Å²) in [5.41, 5.74) is 2.12. The third-order valence-electron chi connectivity index (χ3n) is 7.16. The third-order valence-corrected chi connectivity index (χ3v) is 7.16. The number of carbonyl (C=O) groups is 1. The van der Waals surface area contributed by atoms with Crippen LogP contribution < -0.4 is 5.32 Å². The zero-order chi connectivity index (χ0) is 25.1. The van der Waals surface area contributed by atoms with E-state index in [2.05, 4.69) is 9.88 Å². The normalized spacial score (nSPS) is 15.6.